The molecular weight excluding hydrogens is 536 g/mol. The molecule has 0 saturated heterocycles. The molecule has 0 radical (unpaired) electrons. The average molecular weight is 563 g/mol. The summed E-state index contributed by atoms with van der Waals surface area (Å²) in [4.78, 5) is 12.8. The molecule has 3 aromatic rings. The van der Waals surface area contributed by atoms with E-state index in [-0.39, 0.29) is 9.40 Å². The second kappa shape index (κ2) is 10.1. The predicted octanol–water partition coefficient (Wildman–Crippen LogP) is 3.61. The lowest BCUT2D eigenvalue weighted by molar-refractivity contribution is 0.241. The molecule has 0 bridgehead atoms. The van der Waals surface area contributed by atoms with Crippen LogP contribution in [0.1, 0.15) is 17.2 Å². The van der Waals surface area contributed by atoms with Gasteiger partial charge in [-0.2, -0.15) is 0 Å². The molecule has 0 saturated carbocycles. The fraction of sp³-hybridized carbons (Fsp3) is 0.240. The Morgan fingerprint density at radius 3 is 2.11 bits per heavy atom. The first-order valence-electron chi connectivity index (χ1n) is 11.1. The molecule has 0 aliphatic carbocycles. The maximum atomic E-state index is 12.8. The Kier molecular flexibility index (Phi) is 7.17. The van der Waals surface area contributed by atoms with Crippen molar-refractivity contribution >= 4 is 31.8 Å². The molecule has 4 rings (SSSR count). The van der Waals surface area contributed by atoms with Gasteiger partial charge in [0.2, 0.25) is 20.0 Å². The first-order chi connectivity index (χ1) is 17.9. The largest absolute Gasteiger partial charge is 0.496 e. The van der Waals surface area contributed by atoms with E-state index in [1.807, 2.05) is 0 Å². The van der Waals surface area contributed by atoms with Crippen molar-refractivity contribution in [2.75, 3.05) is 39.2 Å². The van der Waals surface area contributed by atoms with Crippen LogP contribution in [0.5, 0.6) is 23.0 Å². The molecule has 1 unspecified atom stereocenters. The molecule has 38 heavy (non-hydrogen) atoms. The fourth-order valence-corrected chi connectivity index (χ4v) is 6.96. The summed E-state index contributed by atoms with van der Waals surface area (Å²) in [5, 5.41) is 2.37. The first kappa shape index (κ1) is 27.1. The number of anilines is 1. The maximum Gasteiger partial charge on any atom is 0.349 e. The van der Waals surface area contributed by atoms with Gasteiger partial charge in [0.15, 0.2) is 11.5 Å². The van der Waals surface area contributed by atoms with Gasteiger partial charge in [0.25, 0.3) is 0 Å². The molecule has 202 valence electrons. The van der Waals surface area contributed by atoms with Crippen LogP contribution in [0.2, 0.25) is 0 Å². The fourth-order valence-electron chi connectivity index (χ4n) is 4.30. The monoisotopic (exact) mass is 562 g/mol. The summed E-state index contributed by atoms with van der Waals surface area (Å²) in [5.41, 5.74) is 2.89. The lowest BCUT2D eigenvalue weighted by atomic mass is 9.88. The number of hydrogen-bond donors (Lipinski definition) is 1. The number of benzene rings is 3. The lowest BCUT2D eigenvalue weighted by Gasteiger charge is -2.31. The second-order valence-electron chi connectivity index (χ2n) is 8.40. The van der Waals surface area contributed by atoms with E-state index in [1.165, 1.54) is 27.4 Å². The zero-order chi connectivity index (χ0) is 27.8. The number of sulfonamides is 2. The van der Waals surface area contributed by atoms with E-state index in [0.29, 0.717) is 52.2 Å². The van der Waals surface area contributed by atoms with E-state index in [2.05, 4.69) is 5.32 Å². The third-order valence-electron chi connectivity index (χ3n) is 5.79. The number of hydrogen-bond acceptors (Lipinski definition) is 9. The van der Waals surface area contributed by atoms with Gasteiger partial charge in [-0.25, -0.2) is 21.6 Å². The van der Waals surface area contributed by atoms with Gasteiger partial charge in [-0.05, 0) is 42.0 Å². The van der Waals surface area contributed by atoms with E-state index in [4.69, 9.17) is 18.9 Å². The number of ether oxygens (including phenoxy) is 4. The first-order valence-corrected chi connectivity index (χ1v) is 14.8. The minimum atomic E-state index is -4.41. The van der Waals surface area contributed by atoms with Gasteiger partial charge in [0.05, 0.1) is 39.4 Å². The molecule has 0 spiro atoms. The van der Waals surface area contributed by atoms with Crippen LogP contribution in [0.25, 0.3) is 11.1 Å². The topological polar surface area (TPSA) is 138 Å². The number of amides is 2. The van der Waals surface area contributed by atoms with Crippen LogP contribution in [0.4, 0.5) is 10.5 Å². The Bertz CT molecular complexity index is 1590. The maximum absolute atomic E-state index is 12.8. The van der Waals surface area contributed by atoms with Gasteiger partial charge in [0, 0.05) is 16.8 Å². The Balaban J connectivity index is 1.86. The minimum Gasteiger partial charge on any atom is -0.496 e. The molecule has 2 amide bonds. The summed E-state index contributed by atoms with van der Waals surface area (Å²) in [5.74, 6) is 2.13. The zero-order valence-electron chi connectivity index (χ0n) is 21.2. The number of rotatable bonds is 7. The van der Waals surface area contributed by atoms with Crippen LogP contribution in [0, 0.1) is 0 Å². The Hall–Kier alpha value is -3.97. The van der Waals surface area contributed by atoms with Crippen LogP contribution in [0.3, 0.4) is 0 Å². The van der Waals surface area contributed by atoms with Crippen LogP contribution >= 0.6 is 0 Å². The van der Waals surface area contributed by atoms with Gasteiger partial charge in [-0.1, -0.05) is 18.2 Å². The molecular formula is C25H26N2O9S2. The van der Waals surface area contributed by atoms with Crippen molar-refractivity contribution < 1.29 is 40.6 Å². The van der Waals surface area contributed by atoms with Crippen molar-refractivity contribution in [2.45, 2.75) is 6.10 Å². The third-order valence-corrected chi connectivity index (χ3v) is 8.95. The Morgan fingerprint density at radius 2 is 1.50 bits per heavy atom. The van der Waals surface area contributed by atoms with Crippen molar-refractivity contribution in [3.63, 3.8) is 0 Å². The van der Waals surface area contributed by atoms with E-state index >= 15 is 0 Å². The van der Waals surface area contributed by atoms with E-state index in [0.717, 1.165) is 5.56 Å². The highest BCUT2D eigenvalue weighted by Gasteiger charge is 2.34. The van der Waals surface area contributed by atoms with Crippen molar-refractivity contribution in [1.82, 2.24) is 3.71 Å². The van der Waals surface area contributed by atoms with Crippen molar-refractivity contribution in [3.05, 3.63) is 65.7 Å². The van der Waals surface area contributed by atoms with Crippen LogP contribution in [0.15, 0.2) is 54.6 Å². The number of carbonyl (C=O) groups excluding carboxylic acids is 1. The van der Waals surface area contributed by atoms with Gasteiger partial charge >= 0.3 is 6.03 Å². The van der Waals surface area contributed by atoms with Gasteiger partial charge in [-0.3, -0.25) is 0 Å². The van der Waals surface area contributed by atoms with E-state index in [9.17, 15) is 21.6 Å². The molecule has 1 heterocycles. The molecule has 1 aliphatic heterocycles. The van der Waals surface area contributed by atoms with Gasteiger partial charge in [-0.15, -0.1) is 3.71 Å². The highest BCUT2D eigenvalue weighted by molar-refractivity contribution is 8.04. The van der Waals surface area contributed by atoms with Gasteiger partial charge < -0.3 is 24.3 Å². The van der Waals surface area contributed by atoms with Crippen molar-refractivity contribution in [2.24, 2.45) is 0 Å². The number of nitrogens with zero attached hydrogens (tertiary/aromatic N) is 1. The van der Waals surface area contributed by atoms with E-state index in [1.54, 1.807) is 48.5 Å². The molecule has 1 atom stereocenters. The average Bonchev–Trinajstić information content (AvgIpc) is 2.85. The van der Waals surface area contributed by atoms with Crippen LogP contribution in [-0.2, 0) is 20.0 Å². The SMILES string of the molecule is COc1ccc(C2Oc3cccc(OC)c3-c3ccc(NC(=O)N(S(C)(=O)=O)S(C)(=O)=O)cc32)cc1OC. The Labute approximate surface area is 221 Å². The summed E-state index contributed by atoms with van der Waals surface area (Å²) < 4.78 is 70.7. The molecule has 1 N–H and O–H groups in total. The highest BCUT2D eigenvalue weighted by atomic mass is 32.3. The second-order valence-corrected chi connectivity index (χ2v) is 12.3. The van der Waals surface area contributed by atoms with Gasteiger partial charge in [0.1, 0.15) is 17.6 Å². The number of methoxy groups -OCH3 is 3. The summed E-state index contributed by atoms with van der Waals surface area (Å²) in [6.45, 7) is 0. The molecule has 11 nitrogen and oxygen atoms in total. The molecule has 13 heteroatoms. The standard InChI is InChI=1S/C25H26N2O9S2/c1-33-19-12-9-15(13-22(19)35-3)24-18-14-16(26-25(28)27(37(4,29)30)38(5,31)32)10-11-17(18)23-20(34-2)7-6-8-21(23)36-24/h6-14,24H,1-5H3,(H,26,28). The predicted molar refractivity (Wildman–Crippen MR) is 141 cm³/mol. The molecule has 1 aliphatic rings. The Morgan fingerprint density at radius 1 is 0.842 bits per heavy atom. The molecule has 0 aromatic heterocycles. The third kappa shape index (κ3) is 5.07. The van der Waals surface area contributed by atoms with E-state index < -0.39 is 32.2 Å². The zero-order valence-corrected chi connectivity index (χ0v) is 22.8. The summed E-state index contributed by atoms with van der Waals surface area (Å²) in [6, 6.07) is 14.2. The molecule has 0 fully saturated rings. The lowest BCUT2D eigenvalue weighted by Crippen LogP contribution is -2.43. The smallest absolute Gasteiger partial charge is 0.349 e. The summed E-state index contributed by atoms with van der Waals surface area (Å²) in [6.07, 6.45) is 0.581. The number of fused-ring (bicyclic) bond motifs is 3. The normalized spacial score (nSPS) is 14.4. The number of nitrogens with one attached hydrogen (secondary N) is 1. The highest BCUT2D eigenvalue weighted by Crippen LogP contribution is 2.50. The molecule has 3 aromatic carbocycles. The van der Waals surface area contributed by atoms with Crippen molar-refractivity contribution in [1.29, 1.82) is 0 Å². The minimum absolute atomic E-state index is 0.151. The van der Waals surface area contributed by atoms with Crippen LogP contribution in [-0.4, -0.2) is 60.4 Å². The van der Waals surface area contributed by atoms with Crippen molar-refractivity contribution in [3.8, 4) is 34.1 Å². The summed E-state index contributed by atoms with van der Waals surface area (Å²) >= 11 is 0. The number of carbonyl (C=O) groups is 1. The number of urea groups is 1. The summed E-state index contributed by atoms with van der Waals surface area (Å²) in [7, 11) is -4.24. The van der Waals surface area contributed by atoms with Crippen LogP contribution < -0.4 is 24.3 Å². The quantitative estimate of drug-likeness (QED) is 0.458.